The Morgan fingerprint density at radius 3 is 2.76 bits per heavy atom. The van der Waals surface area contributed by atoms with Crippen LogP contribution >= 0.6 is 11.3 Å². The molecule has 41 heavy (non-hydrogen) atoms. The SMILES string of the molecule is C=C1C=C(c2cc(C3=CCC=CC(OC)=N3)c3sc(NC(=O)NCC)nc3c2)C=NC1N1CCC(C)(C(=O)O)CC1. The predicted molar refractivity (Wildman–Crippen MR) is 164 cm³/mol. The zero-order chi connectivity index (χ0) is 29.1. The summed E-state index contributed by atoms with van der Waals surface area (Å²) in [4.78, 5) is 40.4. The third kappa shape index (κ3) is 6.01. The highest BCUT2D eigenvalue weighted by atomic mass is 32.1. The van der Waals surface area contributed by atoms with Gasteiger partial charge in [-0.1, -0.05) is 30.1 Å². The lowest BCUT2D eigenvalue weighted by atomic mass is 9.80. The first-order chi connectivity index (χ1) is 19.7. The minimum atomic E-state index is -0.746. The van der Waals surface area contributed by atoms with Crippen LogP contribution in [0.3, 0.4) is 0 Å². The van der Waals surface area contributed by atoms with Crippen molar-refractivity contribution >= 4 is 62.1 Å². The zero-order valence-corrected chi connectivity index (χ0v) is 24.3. The molecule has 10 nitrogen and oxygen atoms in total. The highest BCUT2D eigenvalue weighted by Gasteiger charge is 2.39. The van der Waals surface area contributed by atoms with Crippen molar-refractivity contribution in [3.05, 3.63) is 59.7 Å². The molecule has 1 saturated heterocycles. The summed E-state index contributed by atoms with van der Waals surface area (Å²) < 4.78 is 6.34. The number of carboxylic acids is 1. The van der Waals surface area contributed by atoms with E-state index >= 15 is 0 Å². The molecule has 214 valence electrons. The lowest BCUT2D eigenvalue weighted by Gasteiger charge is -2.40. The number of thiazole rings is 1. The maximum absolute atomic E-state index is 12.2. The highest BCUT2D eigenvalue weighted by molar-refractivity contribution is 7.22. The van der Waals surface area contributed by atoms with Crippen molar-refractivity contribution in [2.75, 3.05) is 32.1 Å². The maximum Gasteiger partial charge on any atom is 0.321 e. The molecule has 0 spiro atoms. The summed E-state index contributed by atoms with van der Waals surface area (Å²) in [6, 6.07) is 3.74. The number of nitrogens with one attached hydrogen (secondary N) is 2. The van der Waals surface area contributed by atoms with Crippen LogP contribution in [-0.4, -0.2) is 72.0 Å². The van der Waals surface area contributed by atoms with Crippen molar-refractivity contribution in [3.63, 3.8) is 0 Å². The van der Waals surface area contributed by atoms with Gasteiger partial charge < -0.3 is 15.2 Å². The summed E-state index contributed by atoms with van der Waals surface area (Å²) in [6.07, 6.45) is 11.4. The van der Waals surface area contributed by atoms with Crippen LogP contribution in [-0.2, 0) is 9.53 Å². The Morgan fingerprint density at radius 2 is 2.07 bits per heavy atom. The number of fused-ring (bicyclic) bond motifs is 1. The Hall–Kier alpha value is -4.09. The first-order valence-electron chi connectivity index (χ1n) is 13.6. The van der Waals surface area contributed by atoms with Gasteiger partial charge in [0.15, 0.2) is 5.13 Å². The molecular formula is C30H34N6O4S. The van der Waals surface area contributed by atoms with Gasteiger partial charge in [-0.25, -0.2) is 14.8 Å². The van der Waals surface area contributed by atoms with Gasteiger partial charge in [0.25, 0.3) is 0 Å². The van der Waals surface area contributed by atoms with E-state index in [0.717, 1.165) is 38.2 Å². The van der Waals surface area contributed by atoms with Crippen LogP contribution in [0.25, 0.3) is 21.5 Å². The number of carboxylic acid groups (broad SMARTS) is 1. The molecule has 2 aromatic rings. The topological polar surface area (TPSA) is 129 Å². The quantitative estimate of drug-likeness (QED) is 0.428. The van der Waals surface area contributed by atoms with Gasteiger partial charge in [0.05, 0.1) is 28.4 Å². The van der Waals surface area contributed by atoms with Gasteiger partial charge >= 0.3 is 12.0 Å². The summed E-state index contributed by atoms with van der Waals surface area (Å²) in [7, 11) is 1.59. The molecule has 3 aliphatic rings. The Morgan fingerprint density at radius 1 is 1.29 bits per heavy atom. The van der Waals surface area contributed by atoms with E-state index < -0.39 is 11.4 Å². The molecule has 0 saturated carbocycles. The van der Waals surface area contributed by atoms with Crippen LogP contribution in [0.2, 0.25) is 0 Å². The number of benzene rings is 1. The van der Waals surface area contributed by atoms with Gasteiger partial charge in [0, 0.05) is 37.0 Å². The molecular weight excluding hydrogens is 540 g/mol. The van der Waals surface area contributed by atoms with Crippen molar-refractivity contribution in [2.45, 2.75) is 39.3 Å². The number of methoxy groups -OCH3 is 1. The fourth-order valence-electron chi connectivity index (χ4n) is 5.10. The van der Waals surface area contributed by atoms with Crippen molar-refractivity contribution in [1.82, 2.24) is 15.2 Å². The molecule has 3 aliphatic heterocycles. The molecule has 0 radical (unpaired) electrons. The molecule has 0 aliphatic carbocycles. The number of dihydropyridines is 1. The van der Waals surface area contributed by atoms with Gasteiger partial charge in [0.1, 0.15) is 6.17 Å². The van der Waals surface area contributed by atoms with E-state index in [9.17, 15) is 14.7 Å². The van der Waals surface area contributed by atoms with E-state index in [1.807, 2.05) is 50.4 Å². The lowest BCUT2D eigenvalue weighted by Crippen LogP contribution is -2.47. The van der Waals surface area contributed by atoms with Crippen LogP contribution in [0.15, 0.2) is 58.6 Å². The van der Waals surface area contributed by atoms with Crippen molar-refractivity contribution in [2.24, 2.45) is 15.4 Å². The van der Waals surface area contributed by atoms with Gasteiger partial charge in [-0.3, -0.25) is 20.0 Å². The largest absolute Gasteiger partial charge is 0.481 e. The number of amides is 2. The molecule has 2 amide bonds. The second-order valence-electron chi connectivity index (χ2n) is 10.5. The number of aromatic nitrogens is 1. The van der Waals surface area contributed by atoms with E-state index in [4.69, 9.17) is 19.7 Å². The number of rotatable bonds is 6. The van der Waals surface area contributed by atoms with Crippen molar-refractivity contribution in [3.8, 4) is 0 Å². The van der Waals surface area contributed by atoms with E-state index in [1.54, 1.807) is 7.11 Å². The van der Waals surface area contributed by atoms with Crippen LogP contribution < -0.4 is 10.6 Å². The minimum absolute atomic E-state index is 0.225. The first-order valence-corrected chi connectivity index (χ1v) is 14.4. The van der Waals surface area contributed by atoms with Crippen LogP contribution in [0.5, 0.6) is 0 Å². The number of hydrogen-bond donors (Lipinski definition) is 3. The number of urea groups is 1. The van der Waals surface area contributed by atoms with E-state index in [-0.39, 0.29) is 12.2 Å². The minimum Gasteiger partial charge on any atom is -0.481 e. The Labute approximate surface area is 242 Å². The number of carbonyl (C=O) groups is 2. The molecule has 11 heteroatoms. The number of anilines is 1. The number of carbonyl (C=O) groups excluding carboxylic acids is 1. The van der Waals surface area contributed by atoms with Crippen molar-refractivity contribution < 1.29 is 19.4 Å². The van der Waals surface area contributed by atoms with Gasteiger partial charge in [-0.15, -0.1) is 0 Å². The molecule has 1 unspecified atom stereocenters. The summed E-state index contributed by atoms with van der Waals surface area (Å²) in [5.41, 5.74) is 4.29. The van der Waals surface area contributed by atoms with Crippen LogP contribution in [0.4, 0.5) is 9.93 Å². The number of likely N-dealkylation sites (tertiary alicyclic amines) is 1. The van der Waals surface area contributed by atoms with E-state index in [2.05, 4.69) is 28.2 Å². The predicted octanol–water partition coefficient (Wildman–Crippen LogP) is 5.32. The fraction of sp³-hybridized carbons (Fsp3) is 0.367. The van der Waals surface area contributed by atoms with Gasteiger partial charge in [0.2, 0.25) is 5.90 Å². The molecule has 1 atom stereocenters. The fourth-order valence-corrected chi connectivity index (χ4v) is 6.06. The number of aliphatic imine (C=N–C) groups is 2. The number of allylic oxidation sites excluding steroid dienone is 3. The first kappa shape index (κ1) is 28.4. The number of piperidine rings is 1. The normalized spacial score (nSPS) is 20.6. The van der Waals surface area contributed by atoms with Crippen LogP contribution in [0, 0.1) is 5.41 Å². The summed E-state index contributed by atoms with van der Waals surface area (Å²) in [5.74, 6) is -0.239. The average Bonchev–Trinajstić information content (AvgIpc) is 3.19. The van der Waals surface area contributed by atoms with Gasteiger partial charge in [-0.2, -0.15) is 0 Å². The molecule has 1 aromatic heterocycles. The average molecular weight is 575 g/mol. The lowest BCUT2D eigenvalue weighted by molar-refractivity contribution is -0.150. The number of nitrogens with zero attached hydrogens (tertiary/aromatic N) is 4. The highest BCUT2D eigenvalue weighted by Crippen LogP contribution is 2.38. The number of ether oxygens (including phenoxy) is 1. The second-order valence-corrected chi connectivity index (χ2v) is 11.5. The Balaban J connectivity index is 1.48. The molecule has 1 fully saturated rings. The number of hydrogen-bond acceptors (Lipinski definition) is 8. The standard InChI is InChI=1S/C30H34N6O4S/c1-5-31-28(39)35-29-34-23-16-19(15-21(25(23)41-29)22-8-6-7-9-24(33-22)40-4)20-14-18(2)26(32-17-20)36-12-10-30(3,11-13-36)27(37)38/h7-9,14-17,26H,2,5-6,10-13H2,1,3-4H3,(H,37,38)(H2,31,34,35,39). The molecule has 3 N–H and O–H groups in total. The second kappa shape index (κ2) is 11.8. The third-order valence-electron chi connectivity index (χ3n) is 7.60. The monoisotopic (exact) mass is 574 g/mol. The zero-order valence-electron chi connectivity index (χ0n) is 23.4. The van der Waals surface area contributed by atoms with E-state index in [0.29, 0.717) is 49.9 Å². The Kier molecular flexibility index (Phi) is 8.18. The molecule has 5 rings (SSSR count). The van der Waals surface area contributed by atoms with E-state index in [1.165, 1.54) is 11.3 Å². The Bertz CT molecular complexity index is 1540. The summed E-state index contributed by atoms with van der Waals surface area (Å²) in [5, 5.41) is 15.6. The molecule has 1 aromatic carbocycles. The molecule has 4 heterocycles. The maximum atomic E-state index is 12.2. The molecule has 0 bridgehead atoms. The van der Waals surface area contributed by atoms with Crippen molar-refractivity contribution in [1.29, 1.82) is 0 Å². The summed E-state index contributed by atoms with van der Waals surface area (Å²) >= 11 is 1.39. The summed E-state index contributed by atoms with van der Waals surface area (Å²) in [6.45, 7) is 9.77. The van der Waals surface area contributed by atoms with Gasteiger partial charge in [-0.05, 0) is 68.5 Å². The third-order valence-corrected chi connectivity index (χ3v) is 8.62. The van der Waals surface area contributed by atoms with Crippen LogP contribution in [0.1, 0.15) is 44.2 Å². The number of aliphatic carboxylic acids is 1. The smallest absolute Gasteiger partial charge is 0.321 e.